The Balaban J connectivity index is 2.12. The molecular weight excluding hydrogens is 226 g/mol. The lowest BCUT2D eigenvalue weighted by molar-refractivity contribution is -0.126. The summed E-state index contributed by atoms with van der Waals surface area (Å²) in [5.74, 6) is 0.507. The fourth-order valence-electron chi connectivity index (χ4n) is 2.46. The average Bonchev–Trinajstić information content (AvgIpc) is 2.38. The first-order valence-electron chi connectivity index (χ1n) is 7.31. The Morgan fingerprint density at radius 2 is 1.83 bits per heavy atom. The topological polar surface area (TPSA) is 44.4 Å². The maximum atomic E-state index is 12.0. The summed E-state index contributed by atoms with van der Waals surface area (Å²) in [5, 5.41) is 6.19. The summed E-state index contributed by atoms with van der Waals surface area (Å²) in [6.45, 7) is 8.43. The van der Waals surface area contributed by atoms with Gasteiger partial charge in [0.25, 0.3) is 0 Å². The Kier molecular flexibility index (Phi) is 7.28. The number of amides is 1. The van der Waals surface area contributed by atoms with Gasteiger partial charge in [-0.3, -0.25) is 4.79 Å². The van der Waals surface area contributed by atoms with Crippen LogP contribution in [0.25, 0.3) is 0 Å². The first kappa shape index (κ1) is 15.4. The van der Waals surface area contributed by atoms with Gasteiger partial charge in [-0.05, 0) is 66.2 Å². The molecule has 1 aliphatic heterocycles. The van der Waals surface area contributed by atoms with E-state index in [1.807, 2.05) is 7.05 Å². The van der Waals surface area contributed by atoms with Gasteiger partial charge in [0.1, 0.15) is 0 Å². The van der Waals surface area contributed by atoms with E-state index in [0.717, 1.165) is 51.9 Å². The normalized spacial score (nSPS) is 18.2. The minimum Gasteiger partial charge on any atom is -0.356 e. The Labute approximate surface area is 111 Å². The lowest BCUT2D eigenvalue weighted by Gasteiger charge is -2.33. The van der Waals surface area contributed by atoms with E-state index in [9.17, 15) is 4.79 Å². The SMILES string of the molecule is CNCCCCNC(=O)C1CCN(C(C)C)CC1. The molecule has 0 spiro atoms. The Hall–Kier alpha value is -0.610. The van der Waals surface area contributed by atoms with Gasteiger partial charge in [-0.1, -0.05) is 0 Å². The van der Waals surface area contributed by atoms with E-state index >= 15 is 0 Å². The molecule has 1 saturated heterocycles. The summed E-state index contributed by atoms with van der Waals surface area (Å²) in [6.07, 6.45) is 4.22. The van der Waals surface area contributed by atoms with Crippen molar-refractivity contribution in [3.05, 3.63) is 0 Å². The van der Waals surface area contributed by atoms with Crippen molar-refractivity contribution in [2.24, 2.45) is 5.92 Å². The lowest BCUT2D eigenvalue weighted by atomic mass is 9.95. The monoisotopic (exact) mass is 255 g/mol. The van der Waals surface area contributed by atoms with E-state index in [2.05, 4.69) is 29.4 Å². The first-order valence-corrected chi connectivity index (χ1v) is 7.31. The Bertz CT molecular complexity index is 235. The lowest BCUT2D eigenvalue weighted by Crippen LogP contribution is -2.43. The van der Waals surface area contributed by atoms with Crippen molar-refractivity contribution in [2.45, 2.75) is 45.6 Å². The van der Waals surface area contributed by atoms with Crippen LogP contribution in [0.2, 0.25) is 0 Å². The van der Waals surface area contributed by atoms with Crippen molar-refractivity contribution < 1.29 is 4.79 Å². The third kappa shape index (κ3) is 5.36. The molecular formula is C14H29N3O. The molecule has 1 rings (SSSR count). The van der Waals surface area contributed by atoms with Crippen molar-refractivity contribution in [1.82, 2.24) is 15.5 Å². The molecule has 4 nitrogen and oxygen atoms in total. The molecule has 0 aliphatic carbocycles. The van der Waals surface area contributed by atoms with Gasteiger partial charge in [0.15, 0.2) is 0 Å². The smallest absolute Gasteiger partial charge is 0.223 e. The Morgan fingerprint density at radius 3 is 2.39 bits per heavy atom. The molecule has 0 bridgehead atoms. The van der Waals surface area contributed by atoms with E-state index in [1.54, 1.807) is 0 Å². The highest BCUT2D eigenvalue weighted by Crippen LogP contribution is 2.18. The van der Waals surface area contributed by atoms with Crippen molar-refractivity contribution in [3.8, 4) is 0 Å². The summed E-state index contributed by atoms with van der Waals surface area (Å²) >= 11 is 0. The number of hydrogen-bond donors (Lipinski definition) is 2. The fourth-order valence-corrected chi connectivity index (χ4v) is 2.46. The van der Waals surface area contributed by atoms with Gasteiger partial charge in [0.2, 0.25) is 5.91 Å². The van der Waals surface area contributed by atoms with Crippen LogP contribution in [-0.4, -0.2) is 50.1 Å². The molecule has 0 unspecified atom stereocenters. The van der Waals surface area contributed by atoms with Crippen LogP contribution in [0.4, 0.5) is 0 Å². The van der Waals surface area contributed by atoms with Crippen LogP contribution >= 0.6 is 0 Å². The van der Waals surface area contributed by atoms with Crippen LogP contribution in [0.3, 0.4) is 0 Å². The summed E-state index contributed by atoms with van der Waals surface area (Å²) in [6, 6.07) is 0.607. The molecule has 0 aromatic rings. The van der Waals surface area contributed by atoms with Gasteiger partial charge in [0, 0.05) is 18.5 Å². The number of nitrogens with zero attached hydrogens (tertiary/aromatic N) is 1. The second kappa shape index (κ2) is 8.48. The van der Waals surface area contributed by atoms with Gasteiger partial charge in [-0.15, -0.1) is 0 Å². The van der Waals surface area contributed by atoms with Crippen molar-refractivity contribution >= 4 is 5.91 Å². The predicted octanol–water partition coefficient (Wildman–Crippen LogP) is 1.22. The van der Waals surface area contributed by atoms with E-state index in [4.69, 9.17) is 0 Å². The van der Waals surface area contributed by atoms with E-state index in [-0.39, 0.29) is 11.8 Å². The molecule has 0 atom stereocenters. The molecule has 4 heteroatoms. The van der Waals surface area contributed by atoms with E-state index < -0.39 is 0 Å². The van der Waals surface area contributed by atoms with Gasteiger partial charge < -0.3 is 15.5 Å². The van der Waals surface area contributed by atoms with Gasteiger partial charge in [-0.2, -0.15) is 0 Å². The van der Waals surface area contributed by atoms with Crippen LogP contribution in [0.1, 0.15) is 39.5 Å². The number of likely N-dealkylation sites (tertiary alicyclic amines) is 1. The molecule has 18 heavy (non-hydrogen) atoms. The molecule has 0 aromatic heterocycles. The van der Waals surface area contributed by atoms with Gasteiger partial charge in [0.05, 0.1) is 0 Å². The second-order valence-corrected chi connectivity index (χ2v) is 5.51. The number of carbonyl (C=O) groups is 1. The zero-order chi connectivity index (χ0) is 13.4. The summed E-state index contributed by atoms with van der Waals surface area (Å²) < 4.78 is 0. The summed E-state index contributed by atoms with van der Waals surface area (Å²) in [7, 11) is 1.96. The largest absolute Gasteiger partial charge is 0.356 e. The zero-order valence-electron chi connectivity index (χ0n) is 12.2. The molecule has 2 N–H and O–H groups in total. The zero-order valence-corrected chi connectivity index (χ0v) is 12.2. The second-order valence-electron chi connectivity index (χ2n) is 5.51. The van der Waals surface area contributed by atoms with Crippen LogP contribution < -0.4 is 10.6 Å². The minimum atomic E-state index is 0.240. The summed E-state index contributed by atoms with van der Waals surface area (Å²) in [5.41, 5.74) is 0. The highest BCUT2D eigenvalue weighted by Gasteiger charge is 2.25. The molecule has 106 valence electrons. The number of nitrogens with one attached hydrogen (secondary N) is 2. The quantitative estimate of drug-likeness (QED) is 0.672. The van der Waals surface area contributed by atoms with Crippen LogP contribution in [0.15, 0.2) is 0 Å². The maximum absolute atomic E-state index is 12.0. The summed E-state index contributed by atoms with van der Waals surface area (Å²) in [4.78, 5) is 14.4. The number of carbonyl (C=O) groups excluding carboxylic acids is 1. The molecule has 1 aliphatic rings. The highest BCUT2D eigenvalue weighted by atomic mass is 16.1. The third-order valence-corrected chi connectivity index (χ3v) is 3.78. The van der Waals surface area contributed by atoms with Crippen LogP contribution in [-0.2, 0) is 4.79 Å². The number of hydrogen-bond acceptors (Lipinski definition) is 3. The maximum Gasteiger partial charge on any atom is 0.223 e. The number of unbranched alkanes of at least 4 members (excludes halogenated alkanes) is 1. The van der Waals surface area contributed by atoms with Crippen LogP contribution in [0.5, 0.6) is 0 Å². The predicted molar refractivity (Wildman–Crippen MR) is 75.6 cm³/mol. The molecule has 0 aromatic carbocycles. The van der Waals surface area contributed by atoms with Crippen molar-refractivity contribution in [3.63, 3.8) is 0 Å². The highest BCUT2D eigenvalue weighted by molar-refractivity contribution is 5.78. The average molecular weight is 255 g/mol. The molecule has 1 heterocycles. The third-order valence-electron chi connectivity index (χ3n) is 3.78. The standard InChI is InChI=1S/C14H29N3O/c1-12(2)17-10-6-13(7-11-17)14(18)16-9-5-4-8-15-3/h12-13,15H,4-11H2,1-3H3,(H,16,18). The fraction of sp³-hybridized carbons (Fsp3) is 0.929. The number of rotatable bonds is 7. The van der Waals surface area contributed by atoms with Crippen molar-refractivity contribution in [2.75, 3.05) is 33.2 Å². The van der Waals surface area contributed by atoms with Crippen molar-refractivity contribution in [1.29, 1.82) is 0 Å². The van der Waals surface area contributed by atoms with E-state index in [0.29, 0.717) is 6.04 Å². The molecule has 1 fully saturated rings. The van der Waals surface area contributed by atoms with Gasteiger partial charge in [-0.25, -0.2) is 0 Å². The molecule has 1 amide bonds. The first-order chi connectivity index (χ1) is 8.65. The molecule has 0 radical (unpaired) electrons. The molecule has 0 saturated carbocycles. The van der Waals surface area contributed by atoms with Crippen LogP contribution in [0, 0.1) is 5.92 Å². The Morgan fingerprint density at radius 1 is 1.22 bits per heavy atom. The minimum absolute atomic E-state index is 0.240. The van der Waals surface area contributed by atoms with E-state index in [1.165, 1.54) is 0 Å². The van der Waals surface area contributed by atoms with Gasteiger partial charge >= 0.3 is 0 Å². The number of piperidine rings is 1.